The van der Waals surface area contributed by atoms with Gasteiger partial charge in [-0.15, -0.1) is 11.8 Å². The van der Waals surface area contributed by atoms with Gasteiger partial charge in [0.25, 0.3) is 5.91 Å². The highest BCUT2D eigenvalue weighted by molar-refractivity contribution is 7.98. The highest BCUT2D eigenvalue weighted by Gasteiger charge is 2.45. The summed E-state index contributed by atoms with van der Waals surface area (Å²) >= 11 is 1.02. The molecule has 2 aromatic carbocycles. The number of thioether (sulfide) groups is 1. The lowest BCUT2D eigenvalue weighted by atomic mass is 9.92. The lowest BCUT2D eigenvalue weighted by Gasteiger charge is -2.51. The van der Waals surface area contributed by atoms with E-state index in [0.717, 1.165) is 30.2 Å². The van der Waals surface area contributed by atoms with Gasteiger partial charge in [-0.3, -0.25) is 19.3 Å². The molecule has 1 saturated heterocycles. The fraction of sp³-hybridized carbons (Fsp3) is 0.280. The first kappa shape index (κ1) is 18.2. The van der Waals surface area contributed by atoms with Crippen LogP contribution in [-0.4, -0.2) is 33.3 Å². The summed E-state index contributed by atoms with van der Waals surface area (Å²) in [6.07, 6.45) is 3.44. The van der Waals surface area contributed by atoms with Gasteiger partial charge in [0.05, 0.1) is 6.04 Å². The molecule has 6 nitrogen and oxygen atoms in total. The van der Waals surface area contributed by atoms with Crippen molar-refractivity contribution >= 4 is 17.7 Å². The first-order valence-electron chi connectivity index (χ1n) is 11.9. The Kier molecular flexibility index (Phi) is 4.22. The van der Waals surface area contributed by atoms with Gasteiger partial charge >= 0.3 is 0 Å². The first-order valence-corrected chi connectivity index (χ1v) is 11.7. The zero-order valence-corrected chi connectivity index (χ0v) is 18.4. The first-order chi connectivity index (χ1) is 16.8. The quantitative estimate of drug-likeness (QED) is 0.589. The molecule has 168 valence electrons. The number of aromatic hydroxyl groups is 1. The highest BCUT2D eigenvalue weighted by Crippen LogP contribution is 2.45. The van der Waals surface area contributed by atoms with Crippen molar-refractivity contribution in [2.75, 3.05) is 11.6 Å². The molecule has 0 bridgehead atoms. The number of amides is 1. The Morgan fingerprint density at radius 1 is 1.09 bits per heavy atom. The van der Waals surface area contributed by atoms with E-state index in [9.17, 15) is 19.1 Å². The molecule has 1 amide bonds. The fourth-order valence-corrected chi connectivity index (χ4v) is 5.97. The third-order valence-corrected chi connectivity index (χ3v) is 7.52. The van der Waals surface area contributed by atoms with E-state index in [1.54, 1.807) is 11.0 Å². The van der Waals surface area contributed by atoms with Crippen LogP contribution in [0.5, 0.6) is 5.75 Å². The van der Waals surface area contributed by atoms with E-state index in [1.807, 2.05) is 29.3 Å². The van der Waals surface area contributed by atoms with E-state index in [1.165, 1.54) is 29.1 Å². The summed E-state index contributed by atoms with van der Waals surface area (Å²) in [5.41, 5.74) is -1.08. The van der Waals surface area contributed by atoms with Crippen molar-refractivity contribution in [1.82, 2.24) is 9.58 Å². The summed E-state index contributed by atoms with van der Waals surface area (Å²) in [7, 11) is 0. The second-order valence-corrected chi connectivity index (χ2v) is 9.30. The molecule has 3 aromatic rings. The zero-order valence-electron chi connectivity index (χ0n) is 19.6. The molecule has 0 aliphatic carbocycles. The van der Waals surface area contributed by atoms with Crippen LogP contribution >= 0.6 is 11.8 Å². The summed E-state index contributed by atoms with van der Waals surface area (Å²) in [5.74, 6) is -1.56. The second-order valence-electron chi connectivity index (χ2n) is 8.45. The highest BCUT2D eigenvalue weighted by atomic mass is 32.2. The van der Waals surface area contributed by atoms with Crippen LogP contribution in [0.1, 0.15) is 55.2 Å². The number of pyridine rings is 1. The molecule has 3 aliphatic rings. The number of halogens is 1. The molecular formula is C25H22FN3O3S. The monoisotopic (exact) mass is 465 g/mol. The van der Waals surface area contributed by atoms with Crippen LogP contribution in [0.3, 0.4) is 0 Å². The van der Waals surface area contributed by atoms with Crippen LogP contribution in [0.4, 0.5) is 4.39 Å². The topological polar surface area (TPSA) is 65.8 Å². The molecule has 2 atom stereocenters. The Morgan fingerprint density at radius 2 is 1.94 bits per heavy atom. The van der Waals surface area contributed by atoms with Crippen molar-refractivity contribution in [3.8, 4) is 5.75 Å². The Balaban J connectivity index is 1.69. The molecule has 0 spiro atoms. The van der Waals surface area contributed by atoms with Gasteiger partial charge in [-0.1, -0.05) is 24.3 Å². The predicted molar refractivity (Wildman–Crippen MR) is 124 cm³/mol. The largest absolute Gasteiger partial charge is 0.502 e. The van der Waals surface area contributed by atoms with Crippen LogP contribution in [-0.2, 0) is 5.70 Å². The Labute approximate surface area is 197 Å². The maximum atomic E-state index is 14.4. The van der Waals surface area contributed by atoms with E-state index in [-0.39, 0.29) is 11.3 Å². The van der Waals surface area contributed by atoms with E-state index >= 15 is 0 Å². The van der Waals surface area contributed by atoms with Gasteiger partial charge in [0.1, 0.15) is 12.0 Å². The third-order valence-electron chi connectivity index (χ3n) is 6.60. The molecule has 33 heavy (non-hydrogen) atoms. The Morgan fingerprint density at radius 3 is 2.82 bits per heavy atom. The van der Waals surface area contributed by atoms with Crippen molar-refractivity contribution in [2.45, 2.75) is 42.1 Å². The molecule has 0 saturated carbocycles. The van der Waals surface area contributed by atoms with Crippen LogP contribution < -0.4 is 10.4 Å². The van der Waals surface area contributed by atoms with Gasteiger partial charge < -0.3 is 10.0 Å². The maximum Gasteiger partial charge on any atom is 0.278 e. The van der Waals surface area contributed by atoms with Gasteiger partial charge in [-0.25, -0.2) is 4.39 Å². The molecule has 1 fully saturated rings. The average Bonchev–Trinajstić information content (AvgIpc) is 2.93. The summed E-state index contributed by atoms with van der Waals surface area (Å²) in [4.78, 5) is 28.1. The standard InChI is InChI=1S/C25H22FN3O3S/c26-16-8-9-17-15(13-16)14-33-20-6-2-1-5-18(20)22(17)29-21-7-3-4-11-27(21)25(32)23-24(31)19(30)10-12-28(23)29/h1-2,5-6,8-10,12-13,21-22,31H,3-4,7,11,14H2/t21-,22+/m1/s1/i14D2. The lowest BCUT2D eigenvalue weighted by molar-refractivity contribution is 0.0462. The molecule has 1 N–H and O–H groups in total. The van der Waals surface area contributed by atoms with Crippen molar-refractivity contribution < 1.29 is 17.0 Å². The average molecular weight is 466 g/mol. The number of hydrogen-bond donors (Lipinski definition) is 1. The van der Waals surface area contributed by atoms with Gasteiger partial charge in [-0.2, -0.15) is 0 Å². The minimum absolute atomic E-state index is 0.114. The molecule has 0 radical (unpaired) electrons. The maximum absolute atomic E-state index is 14.4. The van der Waals surface area contributed by atoms with E-state index in [4.69, 9.17) is 2.74 Å². The predicted octanol–water partition coefficient (Wildman–Crippen LogP) is 3.99. The Hall–Kier alpha value is -3.26. The minimum Gasteiger partial charge on any atom is -0.502 e. The van der Waals surface area contributed by atoms with Crippen LogP contribution in [0.25, 0.3) is 0 Å². The number of nitrogens with zero attached hydrogens (tertiary/aromatic N) is 3. The zero-order chi connectivity index (χ0) is 24.5. The second kappa shape index (κ2) is 7.66. The lowest BCUT2D eigenvalue weighted by Crippen LogP contribution is -2.63. The summed E-state index contributed by atoms with van der Waals surface area (Å²) < 4.78 is 33.5. The molecule has 3 aliphatic heterocycles. The molecule has 1 aromatic heterocycles. The molecule has 0 unspecified atom stereocenters. The molecular weight excluding hydrogens is 441 g/mol. The number of hydrogen-bond acceptors (Lipinski definition) is 5. The van der Waals surface area contributed by atoms with E-state index in [0.29, 0.717) is 23.4 Å². The number of fused-ring (bicyclic) bond motifs is 4. The number of aromatic nitrogens is 1. The SMILES string of the molecule is [2H]C1([2H])Sc2ccccc2[C@@H](N2[C@@H]3CCCCN3C(=O)c3c(O)c(=O)ccn32)c2ccc(F)cc21. The minimum atomic E-state index is -1.91. The van der Waals surface area contributed by atoms with Gasteiger partial charge in [0.15, 0.2) is 11.4 Å². The van der Waals surface area contributed by atoms with Crippen molar-refractivity contribution in [3.63, 3.8) is 0 Å². The van der Waals surface area contributed by atoms with Crippen molar-refractivity contribution in [1.29, 1.82) is 0 Å². The number of carbonyl (C=O) groups excluding carboxylic acids is 1. The normalized spacial score (nSPS) is 24.0. The van der Waals surface area contributed by atoms with Crippen LogP contribution in [0.15, 0.2) is 64.4 Å². The van der Waals surface area contributed by atoms with E-state index < -0.39 is 40.8 Å². The Bertz CT molecular complexity index is 1430. The number of benzene rings is 2. The van der Waals surface area contributed by atoms with Crippen molar-refractivity contribution in [2.24, 2.45) is 0 Å². The number of piperidine rings is 1. The van der Waals surface area contributed by atoms with Crippen molar-refractivity contribution in [3.05, 3.63) is 93.2 Å². The van der Waals surface area contributed by atoms with Gasteiger partial charge in [-0.05, 0) is 54.2 Å². The van der Waals surface area contributed by atoms with Gasteiger partial charge in [0, 0.05) is 32.1 Å². The number of rotatable bonds is 1. The smallest absolute Gasteiger partial charge is 0.278 e. The summed E-state index contributed by atoms with van der Waals surface area (Å²) in [6, 6.07) is 12.2. The third kappa shape index (κ3) is 3.08. The fourth-order valence-electron chi connectivity index (χ4n) is 5.13. The molecule has 4 heterocycles. The summed E-state index contributed by atoms with van der Waals surface area (Å²) in [5, 5.41) is 12.6. The van der Waals surface area contributed by atoms with Crippen LogP contribution in [0.2, 0.25) is 0 Å². The van der Waals surface area contributed by atoms with E-state index in [2.05, 4.69) is 0 Å². The van der Waals surface area contributed by atoms with Gasteiger partial charge in [0.2, 0.25) is 5.43 Å². The molecule has 8 heteroatoms. The van der Waals surface area contributed by atoms with Crippen LogP contribution in [0, 0.1) is 5.82 Å². The number of carbonyl (C=O) groups is 1. The summed E-state index contributed by atoms with van der Waals surface area (Å²) in [6.45, 7) is 0.475. The molecule has 6 rings (SSSR count).